The average molecular weight is 414 g/mol. The van der Waals surface area contributed by atoms with E-state index >= 15 is 0 Å². The number of morpholine rings is 1. The number of Topliss-reactive ketones (excluding diaryl/α,β-unsaturated/α-hetero) is 2. The first-order chi connectivity index (χ1) is 14.2. The lowest BCUT2D eigenvalue weighted by molar-refractivity contribution is -0.908. The van der Waals surface area contributed by atoms with E-state index in [0.717, 1.165) is 44.8 Å². The molecule has 0 saturated carbocycles. The summed E-state index contributed by atoms with van der Waals surface area (Å²) in [7, 11) is 0. The third kappa shape index (κ3) is 4.17. The molecule has 0 aliphatic carbocycles. The van der Waals surface area contributed by atoms with Gasteiger partial charge in [-0.3, -0.25) is 14.4 Å². The largest absolute Gasteiger partial charge is 0.370 e. The van der Waals surface area contributed by atoms with E-state index in [1.165, 1.54) is 16.2 Å². The maximum absolute atomic E-state index is 13.1. The van der Waals surface area contributed by atoms with Gasteiger partial charge in [0.05, 0.1) is 30.7 Å². The van der Waals surface area contributed by atoms with Gasteiger partial charge in [-0.2, -0.15) is 0 Å². The molecule has 1 aromatic heterocycles. The van der Waals surface area contributed by atoms with Crippen LogP contribution >= 0.6 is 11.3 Å². The van der Waals surface area contributed by atoms with Crippen LogP contribution in [0.25, 0.3) is 0 Å². The third-order valence-corrected chi connectivity index (χ3v) is 6.61. The number of thiophene rings is 1. The first-order valence-corrected chi connectivity index (χ1v) is 10.9. The summed E-state index contributed by atoms with van der Waals surface area (Å²) in [6, 6.07) is 12.4. The van der Waals surface area contributed by atoms with Crippen molar-refractivity contribution in [3.63, 3.8) is 0 Å². The zero-order valence-electron chi connectivity index (χ0n) is 16.2. The van der Waals surface area contributed by atoms with Gasteiger partial charge in [-0.15, -0.1) is 11.3 Å². The van der Waals surface area contributed by atoms with E-state index < -0.39 is 23.7 Å². The molecular weight excluding hydrogens is 388 g/mol. The molecule has 1 N–H and O–H groups in total. The second-order valence-corrected chi connectivity index (χ2v) is 8.45. The van der Waals surface area contributed by atoms with Crippen molar-refractivity contribution in [1.82, 2.24) is 4.90 Å². The SMILES string of the molecule is O=C1C(=O)N(CCC[NH+]2CCOCC2)C(c2ccccc2)C1C(=O)c1cccs1. The number of ether oxygens (including phenoxy) is 1. The average Bonchev–Trinajstić information content (AvgIpc) is 3.38. The van der Waals surface area contributed by atoms with Crippen LogP contribution < -0.4 is 4.90 Å². The fourth-order valence-corrected chi connectivity index (χ4v) is 4.94. The molecule has 2 aliphatic rings. The van der Waals surface area contributed by atoms with Crippen LogP contribution in [0.15, 0.2) is 47.8 Å². The number of nitrogens with one attached hydrogen (secondary N) is 1. The Bertz CT molecular complexity index is 862. The summed E-state index contributed by atoms with van der Waals surface area (Å²) in [5.74, 6) is -2.35. The van der Waals surface area contributed by atoms with Gasteiger partial charge in [0, 0.05) is 13.0 Å². The molecular formula is C22H25N2O4S+. The van der Waals surface area contributed by atoms with Gasteiger partial charge >= 0.3 is 0 Å². The van der Waals surface area contributed by atoms with Gasteiger partial charge in [0.15, 0.2) is 5.78 Å². The summed E-state index contributed by atoms with van der Waals surface area (Å²) in [5.41, 5.74) is 0.834. The highest BCUT2D eigenvalue weighted by molar-refractivity contribution is 7.12. The summed E-state index contributed by atoms with van der Waals surface area (Å²) in [6.07, 6.45) is 0.789. The Kier molecular flexibility index (Phi) is 6.18. The highest BCUT2D eigenvalue weighted by Crippen LogP contribution is 2.38. The number of rotatable bonds is 7. The number of hydrogen-bond acceptors (Lipinski definition) is 5. The molecule has 2 saturated heterocycles. The Morgan fingerprint density at radius 2 is 1.86 bits per heavy atom. The van der Waals surface area contributed by atoms with Crippen LogP contribution in [0.1, 0.15) is 27.7 Å². The molecule has 2 aromatic rings. The van der Waals surface area contributed by atoms with Crippen molar-refractivity contribution in [3.05, 3.63) is 58.3 Å². The van der Waals surface area contributed by atoms with Crippen LogP contribution in [0.3, 0.4) is 0 Å². The van der Waals surface area contributed by atoms with Crippen LogP contribution in [-0.4, -0.2) is 61.8 Å². The standard InChI is InChI=1S/C22H24N2O4S/c25-20(17-8-4-15-29-17)18-19(16-6-2-1-3-7-16)24(22(27)21(18)26)10-5-9-23-11-13-28-14-12-23/h1-4,6-8,15,18-19H,5,9-14H2/p+1. The maximum Gasteiger partial charge on any atom is 0.291 e. The van der Waals surface area contributed by atoms with Crippen LogP contribution in [0.5, 0.6) is 0 Å². The molecule has 152 valence electrons. The van der Waals surface area contributed by atoms with Gasteiger partial charge in [0.25, 0.3) is 5.91 Å². The van der Waals surface area contributed by atoms with Crippen LogP contribution in [0.2, 0.25) is 0 Å². The van der Waals surface area contributed by atoms with Crippen LogP contribution in [0, 0.1) is 5.92 Å². The van der Waals surface area contributed by atoms with Crippen molar-refractivity contribution in [2.24, 2.45) is 5.92 Å². The van der Waals surface area contributed by atoms with Crippen molar-refractivity contribution in [3.8, 4) is 0 Å². The Balaban J connectivity index is 1.56. The number of ketones is 2. The van der Waals surface area contributed by atoms with Gasteiger partial charge in [0.1, 0.15) is 19.0 Å². The Hall–Kier alpha value is -2.35. The molecule has 1 amide bonds. The van der Waals surface area contributed by atoms with Crippen molar-refractivity contribution >= 4 is 28.8 Å². The van der Waals surface area contributed by atoms with Crippen molar-refractivity contribution in [2.45, 2.75) is 12.5 Å². The predicted molar refractivity (Wildman–Crippen MR) is 109 cm³/mol. The summed E-state index contributed by atoms with van der Waals surface area (Å²) >= 11 is 1.31. The third-order valence-electron chi connectivity index (χ3n) is 5.72. The van der Waals surface area contributed by atoms with Gasteiger partial charge in [-0.05, 0) is 17.0 Å². The minimum absolute atomic E-state index is 0.256. The number of likely N-dealkylation sites (tertiary alicyclic amines) is 1. The summed E-state index contributed by atoms with van der Waals surface area (Å²) in [4.78, 5) is 42.4. The topological polar surface area (TPSA) is 68.1 Å². The maximum atomic E-state index is 13.1. The molecule has 7 heteroatoms. The highest BCUT2D eigenvalue weighted by atomic mass is 32.1. The zero-order chi connectivity index (χ0) is 20.2. The molecule has 0 spiro atoms. The van der Waals surface area contributed by atoms with Crippen molar-refractivity contribution < 1.29 is 24.0 Å². The van der Waals surface area contributed by atoms with Crippen molar-refractivity contribution in [2.75, 3.05) is 39.4 Å². The number of benzene rings is 1. The normalized spacial score (nSPS) is 23.0. The van der Waals surface area contributed by atoms with Crippen LogP contribution in [-0.2, 0) is 14.3 Å². The van der Waals surface area contributed by atoms with E-state index in [0.29, 0.717) is 11.4 Å². The zero-order valence-corrected chi connectivity index (χ0v) is 17.0. The number of hydrogen-bond donors (Lipinski definition) is 1. The first-order valence-electron chi connectivity index (χ1n) is 10.1. The van der Waals surface area contributed by atoms with E-state index in [4.69, 9.17) is 4.74 Å². The number of quaternary nitrogens is 1. The van der Waals surface area contributed by atoms with Gasteiger partial charge in [0.2, 0.25) is 5.78 Å². The molecule has 0 radical (unpaired) electrons. The number of carbonyl (C=O) groups excluding carboxylic acids is 3. The van der Waals surface area contributed by atoms with E-state index in [1.807, 2.05) is 35.7 Å². The number of carbonyl (C=O) groups is 3. The molecule has 3 heterocycles. The van der Waals surface area contributed by atoms with E-state index in [1.54, 1.807) is 17.0 Å². The minimum Gasteiger partial charge on any atom is -0.370 e. The first kappa shape index (κ1) is 19.9. The predicted octanol–water partition coefficient (Wildman–Crippen LogP) is 1.00. The quantitative estimate of drug-likeness (QED) is 0.418. The second-order valence-electron chi connectivity index (χ2n) is 7.50. The molecule has 4 rings (SSSR count). The number of amides is 1. The van der Waals surface area contributed by atoms with Gasteiger partial charge < -0.3 is 14.5 Å². The van der Waals surface area contributed by atoms with E-state index in [2.05, 4.69) is 0 Å². The molecule has 2 unspecified atom stereocenters. The fraction of sp³-hybridized carbons (Fsp3) is 0.409. The summed E-state index contributed by atoms with van der Waals surface area (Å²) < 4.78 is 5.39. The molecule has 1 aromatic carbocycles. The molecule has 2 aliphatic heterocycles. The molecule has 2 atom stereocenters. The van der Waals surface area contributed by atoms with Gasteiger partial charge in [-0.1, -0.05) is 36.4 Å². The van der Waals surface area contributed by atoms with E-state index in [-0.39, 0.29) is 5.78 Å². The summed E-state index contributed by atoms with van der Waals surface area (Å²) in [5, 5.41) is 1.81. The van der Waals surface area contributed by atoms with E-state index in [9.17, 15) is 14.4 Å². The smallest absolute Gasteiger partial charge is 0.291 e. The lowest BCUT2D eigenvalue weighted by Crippen LogP contribution is -3.14. The fourth-order valence-electron chi connectivity index (χ4n) is 4.23. The Morgan fingerprint density at radius 1 is 1.10 bits per heavy atom. The minimum atomic E-state index is -0.973. The van der Waals surface area contributed by atoms with Crippen LogP contribution in [0.4, 0.5) is 0 Å². The summed E-state index contributed by atoms with van der Waals surface area (Å²) in [6.45, 7) is 4.86. The Labute approximate surface area is 174 Å². The Morgan fingerprint density at radius 3 is 2.55 bits per heavy atom. The van der Waals surface area contributed by atoms with Gasteiger partial charge in [-0.25, -0.2) is 0 Å². The molecule has 0 bridgehead atoms. The van der Waals surface area contributed by atoms with Crippen molar-refractivity contribution in [1.29, 1.82) is 0 Å². The molecule has 29 heavy (non-hydrogen) atoms. The monoisotopic (exact) mass is 413 g/mol. The lowest BCUT2D eigenvalue weighted by atomic mass is 9.88. The second kappa shape index (κ2) is 8.98. The molecule has 6 nitrogen and oxygen atoms in total. The molecule has 2 fully saturated rings. The number of nitrogens with zero attached hydrogens (tertiary/aromatic N) is 1. The highest BCUT2D eigenvalue weighted by Gasteiger charge is 2.51. The lowest BCUT2D eigenvalue weighted by Gasteiger charge is -2.28.